The van der Waals surface area contributed by atoms with E-state index in [9.17, 15) is 9.90 Å². The molecule has 1 atom stereocenters. The first kappa shape index (κ1) is 27.5. The lowest BCUT2D eigenvalue weighted by molar-refractivity contribution is -0.111. The normalized spacial score (nSPS) is 14.2. The predicted molar refractivity (Wildman–Crippen MR) is 149 cm³/mol. The van der Waals surface area contributed by atoms with Gasteiger partial charge in [0, 0.05) is 35.6 Å². The Morgan fingerprint density at radius 2 is 1.95 bits per heavy atom. The maximum Gasteiger partial charge on any atom is 0.163 e. The molecule has 4 N–H and O–H groups in total. The number of ketones is 1. The van der Waals surface area contributed by atoms with Gasteiger partial charge in [-0.05, 0) is 64.6 Å². The number of nitrogens with zero attached hydrogens (tertiary/aromatic N) is 4. The van der Waals surface area contributed by atoms with Crippen LogP contribution in [0.1, 0.15) is 42.1 Å². The largest absolute Gasteiger partial charge is 0.491 e. The van der Waals surface area contributed by atoms with Crippen LogP contribution in [0.4, 0.5) is 5.82 Å². The van der Waals surface area contributed by atoms with Crippen molar-refractivity contribution < 1.29 is 14.6 Å². The molecule has 0 radical (unpaired) electrons. The molecule has 3 heterocycles. The summed E-state index contributed by atoms with van der Waals surface area (Å²) in [5, 5.41) is 13.4. The average molecular weight is 537 g/mol. The van der Waals surface area contributed by atoms with Gasteiger partial charge in [0.1, 0.15) is 24.3 Å². The number of anilines is 1. The van der Waals surface area contributed by atoms with Crippen molar-refractivity contribution in [3.63, 3.8) is 0 Å². The van der Waals surface area contributed by atoms with Crippen LogP contribution in [0.2, 0.25) is 5.02 Å². The van der Waals surface area contributed by atoms with Crippen molar-refractivity contribution in [2.75, 3.05) is 25.1 Å². The van der Waals surface area contributed by atoms with Gasteiger partial charge in [0.25, 0.3) is 0 Å². The van der Waals surface area contributed by atoms with Crippen molar-refractivity contribution in [3.8, 4) is 17.1 Å². The van der Waals surface area contributed by atoms with E-state index in [-0.39, 0.29) is 12.4 Å². The molecule has 10 heteroatoms. The second-order valence-corrected chi connectivity index (χ2v) is 9.94. The molecule has 1 aliphatic rings. The third-order valence-corrected chi connectivity index (χ3v) is 6.70. The highest BCUT2D eigenvalue weighted by molar-refractivity contribution is 6.33. The van der Waals surface area contributed by atoms with E-state index in [4.69, 9.17) is 37.0 Å². The highest BCUT2D eigenvalue weighted by atomic mass is 35.5. The molecule has 38 heavy (non-hydrogen) atoms. The van der Waals surface area contributed by atoms with Gasteiger partial charge in [-0.1, -0.05) is 17.7 Å². The number of likely N-dealkylation sites (N-methyl/N-ethyl adjacent to an activating group) is 1. The molecule has 0 spiro atoms. The molecule has 0 fully saturated rings. The second kappa shape index (κ2) is 11.5. The quantitative estimate of drug-likeness (QED) is 0.352. The minimum atomic E-state index is -0.669. The SMILES string of the molecule is CNC[C@@H](O)COc1ccc(Cl)c(-c2nc(C(C(C)=O)=C(C)N)c(C)c(N3Cc4ccc(C)nc4C3)n2)c1. The number of benzene rings is 1. The number of aliphatic hydroxyl groups excluding tert-OH is 1. The van der Waals surface area contributed by atoms with Crippen molar-refractivity contribution in [1.82, 2.24) is 20.3 Å². The van der Waals surface area contributed by atoms with Crippen molar-refractivity contribution in [2.24, 2.45) is 5.73 Å². The Hall–Kier alpha value is -3.53. The Morgan fingerprint density at radius 3 is 2.63 bits per heavy atom. The predicted octanol–water partition coefficient (Wildman–Crippen LogP) is 3.57. The molecule has 0 saturated heterocycles. The fourth-order valence-corrected chi connectivity index (χ4v) is 4.77. The van der Waals surface area contributed by atoms with Crippen molar-refractivity contribution >= 4 is 28.8 Å². The number of nitrogens with one attached hydrogen (secondary N) is 1. The van der Waals surface area contributed by atoms with Crippen molar-refractivity contribution in [2.45, 2.75) is 46.9 Å². The van der Waals surface area contributed by atoms with Crippen LogP contribution in [0.25, 0.3) is 17.0 Å². The highest BCUT2D eigenvalue weighted by Crippen LogP contribution is 2.36. The number of Topliss-reactive ketones (excluding diaryl/α,β-unsaturated/α-hetero) is 1. The number of pyridine rings is 1. The minimum absolute atomic E-state index is 0.106. The molecule has 1 aliphatic heterocycles. The number of ether oxygens (including phenoxy) is 1. The monoisotopic (exact) mass is 536 g/mol. The summed E-state index contributed by atoms with van der Waals surface area (Å²) >= 11 is 6.62. The maximum absolute atomic E-state index is 12.7. The molecule has 4 rings (SSSR count). The van der Waals surface area contributed by atoms with E-state index < -0.39 is 6.10 Å². The van der Waals surface area contributed by atoms with E-state index in [0.717, 1.165) is 22.5 Å². The van der Waals surface area contributed by atoms with Gasteiger partial charge in [0.2, 0.25) is 0 Å². The van der Waals surface area contributed by atoms with Crippen LogP contribution in [0.5, 0.6) is 5.75 Å². The topological polar surface area (TPSA) is 126 Å². The van der Waals surface area contributed by atoms with Crippen LogP contribution in [0.3, 0.4) is 0 Å². The number of carbonyl (C=O) groups is 1. The number of aryl methyl sites for hydroxylation is 1. The summed E-state index contributed by atoms with van der Waals surface area (Å²) in [5.74, 6) is 1.34. The molecule has 1 aromatic carbocycles. The molecule has 0 bridgehead atoms. The molecule has 0 unspecified atom stereocenters. The van der Waals surface area contributed by atoms with Crippen LogP contribution in [-0.4, -0.2) is 52.1 Å². The first-order chi connectivity index (χ1) is 18.1. The number of aliphatic hydroxyl groups is 1. The number of hydrogen-bond donors (Lipinski definition) is 3. The van der Waals surface area contributed by atoms with Crippen LogP contribution in [0.15, 0.2) is 36.0 Å². The van der Waals surface area contributed by atoms with Crippen molar-refractivity contribution in [3.05, 3.63) is 69.3 Å². The van der Waals surface area contributed by atoms with Gasteiger partial charge in [0.05, 0.1) is 28.5 Å². The summed E-state index contributed by atoms with van der Waals surface area (Å²) in [6.07, 6.45) is -0.669. The van der Waals surface area contributed by atoms with Crippen LogP contribution < -0.4 is 20.7 Å². The average Bonchev–Trinajstić information content (AvgIpc) is 3.27. The number of hydrogen-bond acceptors (Lipinski definition) is 9. The van der Waals surface area contributed by atoms with Crippen LogP contribution >= 0.6 is 11.6 Å². The minimum Gasteiger partial charge on any atom is -0.491 e. The fraction of sp³-hybridized carbons (Fsp3) is 0.357. The molecule has 0 saturated carbocycles. The Labute approximate surface area is 227 Å². The summed E-state index contributed by atoms with van der Waals surface area (Å²) < 4.78 is 5.79. The van der Waals surface area contributed by atoms with E-state index in [1.54, 1.807) is 32.2 Å². The summed E-state index contributed by atoms with van der Waals surface area (Å²) in [7, 11) is 1.76. The third-order valence-electron chi connectivity index (χ3n) is 6.37. The first-order valence-electron chi connectivity index (χ1n) is 12.4. The van der Waals surface area contributed by atoms with E-state index >= 15 is 0 Å². The lowest BCUT2D eigenvalue weighted by atomic mass is 10.0. The van der Waals surface area contributed by atoms with Crippen molar-refractivity contribution in [1.29, 1.82) is 0 Å². The number of nitrogens with two attached hydrogens (primary N) is 1. The van der Waals surface area contributed by atoms with Gasteiger partial charge >= 0.3 is 0 Å². The number of halogens is 1. The zero-order chi connectivity index (χ0) is 27.6. The third kappa shape index (κ3) is 5.80. The highest BCUT2D eigenvalue weighted by Gasteiger charge is 2.27. The van der Waals surface area contributed by atoms with Gasteiger partial charge in [-0.25, -0.2) is 9.97 Å². The Morgan fingerprint density at radius 1 is 1.18 bits per heavy atom. The standard InChI is InChI=1S/C28H33ClN6O3/c1-15-6-7-19-12-35(13-24(19)32-15)28-16(2)26(25(17(3)30)18(4)36)33-27(34-28)22-10-21(8-9-23(22)29)38-14-20(37)11-31-5/h6-10,20,31,37H,11-14,30H2,1-5H3/t20-/m1/s1. The first-order valence-corrected chi connectivity index (χ1v) is 12.8. The number of rotatable bonds is 9. The molecule has 0 amide bonds. The van der Waals surface area contributed by atoms with Crippen LogP contribution in [-0.2, 0) is 17.9 Å². The Balaban J connectivity index is 1.82. The summed E-state index contributed by atoms with van der Waals surface area (Å²) in [5.41, 5.74) is 11.7. The van der Waals surface area contributed by atoms with Gasteiger partial charge < -0.3 is 25.8 Å². The summed E-state index contributed by atoms with van der Waals surface area (Å²) in [6, 6.07) is 9.25. The van der Waals surface area contributed by atoms with E-state index in [1.807, 2.05) is 19.9 Å². The molecule has 2 aromatic heterocycles. The lowest BCUT2D eigenvalue weighted by Gasteiger charge is -2.22. The maximum atomic E-state index is 12.7. The molecule has 200 valence electrons. The lowest BCUT2D eigenvalue weighted by Crippen LogP contribution is -2.29. The Kier molecular flexibility index (Phi) is 8.30. The molecular formula is C28H33ClN6O3. The summed E-state index contributed by atoms with van der Waals surface area (Å²) in [6.45, 7) is 8.74. The zero-order valence-corrected chi connectivity index (χ0v) is 23.1. The van der Waals surface area contributed by atoms with E-state index in [2.05, 4.69) is 16.3 Å². The Bertz CT molecular complexity index is 1400. The zero-order valence-electron chi connectivity index (χ0n) is 22.3. The van der Waals surface area contributed by atoms with Crippen LogP contribution in [0, 0.1) is 13.8 Å². The number of carbonyl (C=O) groups excluding carboxylic acids is 1. The molecular weight excluding hydrogens is 504 g/mol. The van der Waals surface area contributed by atoms with Gasteiger partial charge in [-0.2, -0.15) is 0 Å². The number of aromatic nitrogens is 3. The van der Waals surface area contributed by atoms with E-state index in [0.29, 0.717) is 64.6 Å². The fourth-order valence-electron chi connectivity index (χ4n) is 4.57. The molecule has 9 nitrogen and oxygen atoms in total. The van der Waals surface area contributed by atoms with Gasteiger partial charge in [-0.3, -0.25) is 9.78 Å². The van der Waals surface area contributed by atoms with Gasteiger partial charge in [-0.15, -0.1) is 0 Å². The number of allylic oxidation sites excluding steroid dienone is 2. The second-order valence-electron chi connectivity index (χ2n) is 9.54. The molecule has 3 aromatic rings. The number of fused-ring (bicyclic) bond motifs is 1. The summed E-state index contributed by atoms with van der Waals surface area (Å²) in [4.78, 5) is 29.2. The molecule has 0 aliphatic carbocycles. The van der Waals surface area contributed by atoms with E-state index in [1.165, 1.54) is 6.92 Å². The smallest absolute Gasteiger partial charge is 0.163 e. The van der Waals surface area contributed by atoms with Gasteiger partial charge in [0.15, 0.2) is 11.6 Å².